The standard InChI is InChI=1S/C14H26N4O2/c1-14(2,3)13-16-15-12(20-13)10-18-6-7-19-11(9-18)8-17(4)5/h11H,6-10H2,1-5H3/t11-/m1/s1. The largest absolute Gasteiger partial charge is 0.423 e. The van der Waals surface area contributed by atoms with Gasteiger partial charge in [0.05, 0.1) is 19.3 Å². The van der Waals surface area contributed by atoms with Crippen molar-refractivity contribution in [3.8, 4) is 0 Å². The predicted molar refractivity (Wildman–Crippen MR) is 76.6 cm³/mol. The quantitative estimate of drug-likeness (QED) is 0.825. The lowest BCUT2D eigenvalue weighted by Gasteiger charge is -2.33. The van der Waals surface area contributed by atoms with Gasteiger partial charge >= 0.3 is 0 Å². The molecule has 0 spiro atoms. The summed E-state index contributed by atoms with van der Waals surface area (Å²) in [5.74, 6) is 1.39. The third-order valence-electron chi connectivity index (χ3n) is 3.26. The molecule has 1 fully saturated rings. The Hall–Kier alpha value is -0.980. The van der Waals surface area contributed by atoms with Crippen LogP contribution in [0.15, 0.2) is 4.42 Å². The number of hydrogen-bond acceptors (Lipinski definition) is 6. The van der Waals surface area contributed by atoms with Crippen molar-refractivity contribution in [1.82, 2.24) is 20.0 Å². The van der Waals surface area contributed by atoms with E-state index in [0.717, 1.165) is 26.2 Å². The second-order valence-electron chi connectivity index (χ2n) is 6.74. The average molecular weight is 282 g/mol. The molecule has 0 N–H and O–H groups in total. The van der Waals surface area contributed by atoms with E-state index in [0.29, 0.717) is 18.3 Å². The minimum atomic E-state index is -0.0935. The van der Waals surface area contributed by atoms with Crippen LogP contribution < -0.4 is 0 Å². The average Bonchev–Trinajstić information content (AvgIpc) is 2.76. The zero-order valence-corrected chi connectivity index (χ0v) is 13.2. The summed E-state index contributed by atoms with van der Waals surface area (Å²) in [5.41, 5.74) is -0.0935. The molecular formula is C14H26N4O2. The highest BCUT2D eigenvalue weighted by Crippen LogP contribution is 2.21. The van der Waals surface area contributed by atoms with Crippen molar-refractivity contribution in [3.05, 3.63) is 11.8 Å². The van der Waals surface area contributed by atoms with Crippen LogP contribution in [-0.2, 0) is 16.7 Å². The summed E-state index contributed by atoms with van der Waals surface area (Å²) in [5, 5.41) is 8.29. The SMILES string of the molecule is CN(C)C[C@@H]1CN(Cc2nnc(C(C)(C)C)o2)CCO1. The molecule has 1 aromatic rings. The smallest absolute Gasteiger partial charge is 0.230 e. The van der Waals surface area contributed by atoms with Crippen molar-refractivity contribution in [1.29, 1.82) is 0 Å². The monoisotopic (exact) mass is 282 g/mol. The zero-order valence-electron chi connectivity index (χ0n) is 13.2. The van der Waals surface area contributed by atoms with Crippen LogP contribution >= 0.6 is 0 Å². The summed E-state index contributed by atoms with van der Waals surface area (Å²) in [6.07, 6.45) is 0.253. The molecule has 20 heavy (non-hydrogen) atoms. The maximum atomic E-state index is 5.77. The Morgan fingerprint density at radius 3 is 2.65 bits per heavy atom. The van der Waals surface area contributed by atoms with Gasteiger partial charge in [-0.2, -0.15) is 0 Å². The number of nitrogens with zero attached hydrogens (tertiary/aromatic N) is 4. The molecule has 1 atom stereocenters. The molecule has 1 saturated heterocycles. The third-order valence-corrected chi connectivity index (χ3v) is 3.26. The highest BCUT2D eigenvalue weighted by molar-refractivity contribution is 4.96. The molecule has 0 aromatic carbocycles. The summed E-state index contributed by atoms with van der Waals surface area (Å²) in [6.45, 7) is 10.5. The molecule has 1 aliphatic rings. The van der Waals surface area contributed by atoms with E-state index < -0.39 is 0 Å². The van der Waals surface area contributed by atoms with Crippen molar-refractivity contribution in [2.75, 3.05) is 40.3 Å². The van der Waals surface area contributed by atoms with Gasteiger partial charge in [-0.1, -0.05) is 20.8 Å². The predicted octanol–water partition coefficient (Wildman–Crippen LogP) is 1.13. The number of rotatable bonds is 4. The van der Waals surface area contributed by atoms with E-state index >= 15 is 0 Å². The number of hydrogen-bond donors (Lipinski definition) is 0. The molecule has 0 unspecified atom stereocenters. The first-order chi connectivity index (χ1) is 9.34. The molecule has 1 aromatic heterocycles. The lowest BCUT2D eigenvalue weighted by atomic mass is 9.97. The summed E-state index contributed by atoms with van der Waals surface area (Å²) >= 11 is 0. The van der Waals surface area contributed by atoms with E-state index in [2.05, 4.69) is 54.9 Å². The summed E-state index contributed by atoms with van der Waals surface area (Å²) in [7, 11) is 4.13. The van der Waals surface area contributed by atoms with E-state index in [-0.39, 0.29) is 11.5 Å². The number of morpholine rings is 1. The molecule has 2 heterocycles. The van der Waals surface area contributed by atoms with Gasteiger partial charge in [0.25, 0.3) is 0 Å². The second-order valence-corrected chi connectivity index (χ2v) is 6.74. The summed E-state index contributed by atoms with van der Waals surface area (Å²) in [4.78, 5) is 4.47. The van der Waals surface area contributed by atoms with E-state index in [1.54, 1.807) is 0 Å². The molecule has 6 heteroatoms. The van der Waals surface area contributed by atoms with Crippen LogP contribution in [0.2, 0.25) is 0 Å². The van der Waals surface area contributed by atoms with Crippen LogP contribution in [0.5, 0.6) is 0 Å². The van der Waals surface area contributed by atoms with Crippen molar-refractivity contribution >= 4 is 0 Å². The maximum absolute atomic E-state index is 5.77. The number of ether oxygens (including phenoxy) is 1. The van der Waals surface area contributed by atoms with Gasteiger partial charge in [-0.05, 0) is 14.1 Å². The van der Waals surface area contributed by atoms with Crippen LogP contribution in [0.4, 0.5) is 0 Å². The lowest BCUT2D eigenvalue weighted by Crippen LogP contribution is -2.46. The molecule has 0 amide bonds. The minimum Gasteiger partial charge on any atom is -0.423 e. The first-order valence-corrected chi connectivity index (χ1v) is 7.16. The molecular weight excluding hydrogens is 256 g/mol. The fourth-order valence-corrected chi connectivity index (χ4v) is 2.25. The molecule has 1 aliphatic heterocycles. The van der Waals surface area contributed by atoms with Crippen molar-refractivity contribution in [2.45, 2.75) is 38.8 Å². The molecule has 114 valence electrons. The highest BCUT2D eigenvalue weighted by Gasteiger charge is 2.25. The van der Waals surface area contributed by atoms with Gasteiger partial charge in [0, 0.05) is 25.0 Å². The van der Waals surface area contributed by atoms with Gasteiger partial charge in [0.15, 0.2) is 0 Å². The first-order valence-electron chi connectivity index (χ1n) is 7.16. The minimum absolute atomic E-state index is 0.0935. The van der Waals surface area contributed by atoms with Gasteiger partial charge in [-0.25, -0.2) is 0 Å². The van der Waals surface area contributed by atoms with Crippen molar-refractivity contribution < 1.29 is 9.15 Å². The number of aromatic nitrogens is 2. The Kier molecular flexibility index (Phi) is 4.78. The molecule has 0 saturated carbocycles. The maximum Gasteiger partial charge on any atom is 0.230 e. The molecule has 2 rings (SSSR count). The van der Waals surface area contributed by atoms with Crippen molar-refractivity contribution in [2.24, 2.45) is 0 Å². The third kappa shape index (κ3) is 4.26. The number of likely N-dealkylation sites (N-methyl/N-ethyl adjacent to an activating group) is 1. The van der Waals surface area contributed by atoms with Gasteiger partial charge in [-0.15, -0.1) is 10.2 Å². The Morgan fingerprint density at radius 1 is 1.30 bits per heavy atom. The van der Waals surface area contributed by atoms with Crippen LogP contribution in [0, 0.1) is 0 Å². The van der Waals surface area contributed by atoms with Gasteiger partial charge in [-0.3, -0.25) is 4.90 Å². The fourth-order valence-electron chi connectivity index (χ4n) is 2.25. The van der Waals surface area contributed by atoms with Crippen LogP contribution in [0.25, 0.3) is 0 Å². The lowest BCUT2D eigenvalue weighted by molar-refractivity contribution is -0.0427. The van der Waals surface area contributed by atoms with Gasteiger partial charge in [0.2, 0.25) is 11.8 Å². The Morgan fingerprint density at radius 2 is 2.05 bits per heavy atom. The second kappa shape index (κ2) is 6.20. The first kappa shape index (κ1) is 15.4. The topological polar surface area (TPSA) is 54.6 Å². The van der Waals surface area contributed by atoms with Gasteiger partial charge in [0.1, 0.15) is 0 Å². The Bertz CT molecular complexity index is 425. The Labute approximate surface area is 121 Å². The molecule has 0 bridgehead atoms. The molecule has 0 radical (unpaired) electrons. The fraction of sp³-hybridized carbons (Fsp3) is 0.857. The van der Waals surface area contributed by atoms with Crippen LogP contribution in [-0.4, -0.2) is 66.4 Å². The van der Waals surface area contributed by atoms with E-state index in [1.165, 1.54) is 0 Å². The van der Waals surface area contributed by atoms with Crippen molar-refractivity contribution in [3.63, 3.8) is 0 Å². The molecule has 0 aliphatic carbocycles. The summed E-state index contributed by atoms with van der Waals surface area (Å²) in [6, 6.07) is 0. The normalized spacial score (nSPS) is 21.6. The zero-order chi connectivity index (χ0) is 14.8. The van der Waals surface area contributed by atoms with Crippen LogP contribution in [0.3, 0.4) is 0 Å². The Balaban J connectivity index is 1.91. The van der Waals surface area contributed by atoms with Crippen LogP contribution in [0.1, 0.15) is 32.6 Å². The molecule has 6 nitrogen and oxygen atoms in total. The van der Waals surface area contributed by atoms with E-state index in [1.807, 2.05) is 0 Å². The van der Waals surface area contributed by atoms with Gasteiger partial charge < -0.3 is 14.1 Å². The highest BCUT2D eigenvalue weighted by atomic mass is 16.5. The van der Waals surface area contributed by atoms with E-state index in [4.69, 9.17) is 9.15 Å². The van der Waals surface area contributed by atoms with E-state index in [9.17, 15) is 0 Å². The summed E-state index contributed by atoms with van der Waals surface area (Å²) < 4.78 is 11.5.